The molecule has 2 heterocycles. The highest BCUT2D eigenvalue weighted by Gasteiger charge is 2.31. The number of methoxy groups -OCH3 is 2. The van der Waals surface area contributed by atoms with E-state index in [0.29, 0.717) is 23.0 Å². The van der Waals surface area contributed by atoms with E-state index in [4.69, 9.17) is 13.9 Å². The van der Waals surface area contributed by atoms with Crippen LogP contribution in [0.1, 0.15) is 46.5 Å². The van der Waals surface area contributed by atoms with Crippen molar-refractivity contribution in [3.8, 4) is 28.4 Å². The minimum Gasteiger partial charge on any atom is -0.465 e. The lowest BCUT2D eigenvalue weighted by Gasteiger charge is -2.07. The van der Waals surface area contributed by atoms with Crippen molar-refractivity contribution in [1.82, 2.24) is 20.0 Å². The Labute approximate surface area is 196 Å². The molecule has 0 aliphatic heterocycles. The first-order chi connectivity index (χ1) is 16.6. The van der Waals surface area contributed by atoms with Gasteiger partial charge in [-0.1, -0.05) is 43.7 Å². The van der Waals surface area contributed by atoms with Crippen LogP contribution in [0.2, 0.25) is 0 Å². The lowest BCUT2D eigenvalue weighted by molar-refractivity contribution is 0.0549. The van der Waals surface area contributed by atoms with E-state index in [1.165, 1.54) is 18.9 Å². The van der Waals surface area contributed by atoms with Crippen LogP contribution in [0.15, 0.2) is 59.0 Å². The van der Waals surface area contributed by atoms with E-state index in [2.05, 4.69) is 22.2 Å². The molecule has 0 spiro atoms. The van der Waals surface area contributed by atoms with Crippen molar-refractivity contribution in [3.05, 3.63) is 71.7 Å². The van der Waals surface area contributed by atoms with Gasteiger partial charge in [0.05, 0.1) is 19.9 Å². The molecule has 4 rings (SSSR count). The number of carbonyl (C=O) groups excluding carboxylic acids is 2. The fraction of sp³-hybridized carbons (Fsp3) is 0.240. The fourth-order valence-electron chi connectivity index (χ4n) is 3.53. The van der Waals surface area contributed by atoms with Gasteiger partial charge < -0.3 is 13.9 Å². The summed E-state index contributed by atoms with van der Waals surface area (Å²) in [5.41, 5.74) is 2.23. The Morgan fingerprint density at radius 2 is 1.59 bits per heavy atom. The van der Waals surface area contributed by atoms with Gasteiger partial charge in [-0.05, 0) is 30.7 Å². The van der Waals surface area contributed by atoms with Gasteiger partial charge in [0.1, 0.15) is 11.3 Å². The number of benzene rings is 2. The van der Waals surface area contributed by atoms with Crippen molar-refractivity contribution >= 4 is 11.9 Å². The van der Waals surface area contributed by atoms with Gasteiger partial charge in [-0.25, -0.2) is 14.3 Å². The van der Waals surface area contributed by atoms with E-state index in [0.717, 1.165) is 24.8 Å². The first-order valence-electron chi connectivity index (χ1n) is 10.9. The Morgan fingerprint density at radius 3 is 2.24 bits per heavy atom. The zero-order valence-corrected chi connectivity index (χ0v) is 19.1. The van der Waals surface area contributed by atoms with Crippen LogP contribution in [-0.2, 0) is 15.9 Å². The summed E-state index contributed by atoms with van der Waals surface area (Å²) in [6, 6.07) is 16.2. The molecule has 2 aromatic heterocycles. The van der Waals surface area contributed by atoms with Crippen LogP contribution in [0.25, 0.3) is 28.4 Å². The number of carbonyl (C=O) groups is 2. The van der Waals surface area contributed by atoms with Crippen LogP contribution in [0, 0.1) is 0 Å². The van der Waals surface area contributed by atoms with Crippen molar-refractivity contribution in [2.24, 2.45) is 0 Å². The van der Waals surface area contributed by atoms with Gasteiger partial charge in [-0.15, -0.1) is 10.2 Å². The lowest BCUT2D eigenvalue weighted by Crippen LogP contribution is -2.15. The number of ether oxygens (including phenoxy) is 2. The van der Waals surface area contributed by atoms with Crippen molar-refractivity contribution < 1.29 is 23.5 Å². The summed E-state index contributed by atoms with van der Waals surface area (Å²) in [5.74, 6) is -0.390. The van der Waals surface area contributed by atoms with Crippen LogP contribution in [-0.4, -0.2) is 46.1 Å². The third-order valence-corrected chi connectivity index (χ3v) is 5.27. The molecule has 0 aliphatic rings. The molecule has 0 atom stereocenters. The smallest absolute Gasteiger partial charge is 0.357 e. The average Bonchev–Trinajstić information content (AvgIpc) is 3.52. The van der Waals surface area contributed by atoms with Gasteiger partial charge in [-0.3, -0.25) is 0 Å². The van der Waals surface area contributed by atoms with Crippen LogP contribution < -0.4 is 0 Å². The fourth-order valence-corrected chi connectivity index (χ4v) is 3.53. The van der Waals surface area contributed by atoms with Crippen LogP contribution in [0.3, 0.4) is 0 Å². The van der Waals surface area contributed by atoms with Gasteiger partial charge in [0.2, 0.25) is 11.8 Å². The predicted molar refractivity (Wildman–Crippen MR) is 124 cm³/mol. The van der Waals surface area contributed by atoms with Crippen molar-refractivity contribution in [2.75, 3.05) is 14.2 Å². The molecular formula is C25H24N4O5. The zero-order valence-electron chi connectivity index (χ0n) is 19.1. The normalized spacial score (nSPS) is 10.8. The molecule has 34 heavy (non-hydrogen) atoms. The van der Waals surface area contributed by atoms with E-state index in [1.54, 1.807) is 36.4 Å². The number of aromatic nitrogens is 4. The maximum absolute atomic E-state index is 12.8. The SMILES string of the molecule is CCCCc1nnc(-c2ccc(-c3nn(-c4ccccc4)c(C(=O)OC)c3C(=O)OC)cc2)o1. The van der Waals surface area contributed by atoms with E-state index < -0.39 is 11.9 Å². The topological polar surface area (TPSA) is 109 Å². The second kappa shape index (κ2) is 10.1. The first kappa shape index (κ1) is 22.9. The van der Waals surface area contributed by atoms with Crippen LogP contribution >= 0.6 is 0 Å². The molecule has 0 N–H and O–H groups in total. The summed E-state index contributed by atoms with van der Waals surface area (Å²) in [4.78, 5) is 25.4. The van der Waals surface area contributed by atoms with Crippen LogP contribution in [0.5, 0.6) is 0 Å². The largest absolute Gasteiger partial charge is 0.465 e. The minimum atomic E-state index is -0.704. The molecule has 4 aromatic rings. The monoisotopic (exact) mass is 460 g/mol. The number of para-hydroxylation sites is 1. The summed E-state index contributed by atoms with van der Waals surface area (Å²) in [7, 11) is 2.50. The second-order valence-electron chi connectivity index (χ2n) is 7.48. The van der Waals surface area contributed by atoms with E-state index in [1.807, 2.05) is 18.2 Å². The third-order valence-electron chi connectivity index (χ3n) is 5.27. The molecule has 9 nitrogen and oxygen atoms in total. The average molecular weight is 460 g/mol. The molecule has 0 fully saturated rings. The maximum Gasteiger partial charge on any atom is 0.357 e. The Bertz CT molecular complexity index is 1290. The summed E-state index contributed by atoms with van der Waals surface area (Å²) >= 11 is 0. The minimum absolute atomic E-state index is 0.0166. The molecular weight excluding hydrogens is 436 g/mol. The van der Waals surface area contributed by atoms with Gasteiger partial charge in [0.15, 0.2) is 5.69 Å². The predicted octanol–water partition coefficient (Wildman–Crippen LogP) is 4.51. The number of nitrogens with zero attached hydrogens (tertiary/aromatic N) is 4. The summed E-state index contributed by atoms with van der Waals surface area (Å²) in [6.45, 7) is 2.10. The van der Waals surface area contributed by atoms with Gasteiger partial charge in [-0.2, -0.15) is 5.10 Å². The number of hydrogen-bond acceptors (Lipinski definition) is 8. The number of esters is 2. The Morgan fingerprint density at radius 1 is 0.912 bits per heavy atom. The second-order valence-corrected chi connectivity index (χ2v) is 7.48. The highest BCUT2D eigenvalue weighted by atomic mass is 16.5. The molecule has 0 amide bonds. The van der Waals surface area contributed by atoms with E-state index >= 15 is 0 Å². The maximum atomic E-state index is 12.8. The number of hydrogen-bond donors (Lipinski definition) is 0. The van der Waals surface area contributed by atoms with Gasteiger partial charge >= 0.3 is 11.9 Å². The van der Waals surface area contributed by atoms with Gasteiger partial charge in [0, 0.05) is 17.5 Å². The molecule has 0 radical (unpaired) electrons. The molecule has 0 aliphatic carbocycles. The quantitative estimate of drug-likeness (QED) is 0.354. The molecule has 9 heteroatoms. The van der Waals surface area contributed by atoms with Crippen molar-refractivity contribution in [3.63, 3.8) is 0 Å². The number of aryl methyl sites for hydroxylation is 1. The number of rotatable bonds is 8. The summed E-state index contributed by atoms with van der Waals surface area (Å²) in [5, 5.41) is 12.8. The van der Waals surface area contributed by atoms with Crippen molar-refractivity contribution in [1.29, 1.82) is 0 Å². The summed E-state index contributed by atoms with van der Waals surface area (Å²) < 4.78 is 17.1. The summed E-state index contributed by atoms with van der Waals surface area (Å²) in [6.07, 6.45) is 2.75. The standard InChI is InChI=1S/C25H24N4O5/c1-4-5-11-19-26-27-23(34-19)17-14-12-16(13-15-17)21-20(24(30)32-2)22(25(31)33-3)29(28-21)18-9-7-6-8-10-18/h6-10,12-15H,4-5,11H2,1-3H3. The number of unbranched alkanes of at least 4 members (excludes halogenated alkanes) is 1. The highest BCUT2D eigenvalue weighted by molar-refractivity contribution is 6.06. The van der Waals surface area contributed by atoms with Crippen LogP contribution in [0.4, 0.5) is 0 Å². The third kappa shape index (κ3) is 4.45. The van der Waals surface area contributed by atoms with Crippen molar-refractivity contribution in [2.45, 2.75) is 26.2 Å². The molecule has 0 saturated heterocycles. The molecule has 174 valence electrons. The highest BCUT2D eigenvalue weighted by Crippen LogP contribution is 2.30. The Kier molecular flexibility index (Phi) is 6.82. The molecule has 0 unspecified atom stereocenters. The molecule has 0 bridgehead atoms. The lowest BCUT2D eigenvalue weighted by atomic mass is 10.0. The van der Waals surface area contributed by atoms with E-state index in [-0.39, 0.29) is 17.0 Å². The van der Waals surface area contributed by atoms with E-state index in [9.17, 15) is 9.59 Å². The molecule has 0 saturated carbocycles. The van der Waals surface area contributed by atoms with Gasteiger partial charge in [0.25, 0.3) is 0 Å². The Balaban J connectivity index is 1.79. The molecule has 2 aromatic carbocycles. The Hall–Kier alpha value is -4.27. The first-order valence-corrected chi connectivity index (χ1v) is 10.9. The zero-order chi connectivity index (χ0) is 24.1.